The molecule has 0 unspecified atom stereocenters. The normalized spacial score (nSPS) is 11.5. The fraction of sp³-hybridized carbons (Fsp3) is 0.286. The molecule has 0 saturated carbocycles. The van der Waals surface area contributed by atoms with Crippen LogP contribution in [0.2, 0.25) is 0 Å². The van der Waals surface area contributed by atoms with E-state index >= 15 is 0 Å². The van der Waals surface area contributed by atoms with Gasteiger partial charge >= 0.3 is 0 Å². The summed E-state index contributed by atoms with van der Waals surface area (Å²) in [6, 6.07) is 31.4. The van der Waals surface area contributed by atoms with Gasteiger partial charge in [-0.1, -0.05) is 111 Å². The van der Waals surface area contributed by atoms with E-state index in [-0.39, 0.29) is 0 Å². The Bertz CT molecular complexity index is 962. The Morgan fingerprint density at radius 2 is 1.07 bits per heavy atom. The third kappa shape index (κ3) is 4.62. The van der Waals surface area contributed by atoms with Crippen LogP contribution in [0.4, 0.5) is 0 Å². The summed E-state index contributed by atoms with van der Waals surface area (Å²) >= 11 is 0. The van der Waals surface area contributed by atoms with Crippen LogP contribution in [0.1, 0.15) is 43.7 Å². The van der Waals surface area contributed by atoms with E-state index < -0.39 is 0 Å². The highest BCUT2D eigenvalue weighted by molar-refractivity contribution is 5.83. The molecule has 4 aromatic rings. The van der Waals surface area contributed by atoms with Crippen molar-refractivity contribution < 1.29 is 0 Å². The van der Waals surface area contributed by atoms with Crippen LogP contribution < -0.4 is 0 Å². The molecular formula is C28H30. The van der Waals surface area contributed by atoms with Crippen molar-refractivity contribution in [2.75, 3.05) is 0 Å². The predicted molar refractivity (Wildman–Crippen MR) is 123 cm³/mol. The number of hydrogen-bond acceptors (Lipinski definition) is 0. The van der Waals surface area contributed by atoms with E-state index in [0.717, 1.165) is 0 Å². The van der Waals surface area contributed by atoms with Crippen LogP contribution in [0, 0.1) is 5.92 Å². The van der Waals surface area contributed by atoms with Gasteiger partial charge in [0, 0.05) is 0 Å². The van der Waals surface area contributed by atoms with Crippen molar-refractivity contribution in [3.63, 3.8) is 0 Å². The Balaban J connectivity index is 1.54. The fourth-order valence-corrected chi connectivity index (χ4v) is 4.36. The van der Waals surface area contributed by atoms with Crippen molar-refractivity contribution in [3.05, 3.63) is 96.1 Å². The van der Waals surface area contributed by atoms with E-state index in [4.69, 9.17) is 0 Å². The summed E-state index contributed by atoms with van der Waals surface area (Å²) in [4.78, 5) is 0. The lowest BCUT2D eigenvalue weighted by Crippen LogP contribution is -2.09. The minimum atomic E-state index is 0.703. The summed E-state index contributed by atoms with van der Waals surface area (Å²) in [6.45, 7) is 2.29. The quantitative estimate of drug-likeness (QED) is 0.277. The molecule has 0 N–H and O–H groups in total. The van der Waals surface area contributed by atoms with Gasteiger partial charge in [-0.05, 0) is 57.9 Å². The molecule has 0 aliphatic carbocycles. The van der Waals surface area contributed by atoms with Gasteiger partial charge in [-0.25, -0.2) is 0 Å². The summed E-state index contributed by atoms with van der Waals surface area (Å²) in [5, 5.41) is 5.39. The van der Waals surface area contributed by atoms with Gasteiger partial charge in [0.1, 0.15) is 0 Å². The van der Waals surface area contributed by atoms with Crippen molar-refractivity contribution in [2.24, 2.45) is 5.92 Å². The van der Waals surface area contributed by atoms with Crippen LogP contribution in [-0.4, -0.2) is 0 Å². The largest absolute Gasteiger partial charge is 0.0654 e. The average molecular weight is 367 g/mol. The molecule has 0 spiro atoms. The minimum Gasteiger partial charge on any atom is -0.0654 e. The summed E-state index contributed by atoms with van der Waals surface area (Å²) in [6.07, 6.45) is 7.61. The van der Waals surface area contributed by atoms with Crippen LogP contribution in [-0.2, 0) is 12.8 Å². The van der Waals surface area contributed by atoms with Crippen LogP contribution in [0.3, 0.4) is 0 Å². The monoisotopic (exact) mass is 366 g/mol. The molecule has 142 valence electrons. The van der Waals surface area contributed by atoms with Gasteiger partial charge in [0.15, 0.2) is 0 Å². The molecule has 0 amide bonds. The van der Waals surface area contributed by atoms with Gasteiger partial charge in [0.2, 0.25) is 0 Å². The van der Waals surface area contributed by atoms with Gasteiger partial charge in [-0.3, -0.25) is 0 Å². The molecule has 0 aliphatic rings. The SMILES string of the molecule is CCCCCC(Cc1ccc2ccccc2c1)Cc1ccc2ccccc2c1. The van der Waals surface area contributed by atoms with Crippen LogP contribution in [0.15, 0.2) is 84.9 Å². The second-order valence-electron chi connectivity index (χ2n) is 8.13. The van der Waals surface area contributed by atoms with Gasteiger partial charge in [-0.2, -0.15) is 0 Å². The maximum atomic E-state index is 2.39. The Kier molecular flexibility index (Phi) is 6.07. The number of unbranched alkanes of at least 4 members (excludes halogenated alkanes) is 2. The molecule has 0 atom stereocenters. The molecule has 0 radical (unpaired) electrons. The first kappa shape index (κ1) is 18.7. The molecule has 4 aromatic carbocycles. The van der Waals surface area contributed by atoms with E-state index in [1.165, 1.54) is 71.2 Å². The van der Waals surface area contributed by atoms with E-state index in [1.807, 2.05) is 0 Å². The summed E-state index contributed by atoms with van der Waals surface area (Å²) in [7, 11) is 0. The van der Waals surface area contributed by atoms with Gasteiger partial charge < -0.3 is 0 Å². The summed E-state index contributed by atoms with van der Waals surface area (Å²) in [5.41, 5.74) is 2.95. The molecule has 0 nitrogen and oxygen atoms in total. The molecular weight excluding hydrogens is 336 g/mol. The molecule has 0 aliphatic heterocycles. The second kappa shape index (κ2) is 9.06. The number of benzene rings is 4. The maximum Gasteiger partial charge on any atom is -0.0181 e. The smallest absolute Gasteiger partial charge is 0.0181 e. The zero-order valence-corrected chi connectivity index (χ0v) is 16.9. The van der Waals surface area contributed by atoms with Gasteiger partial charge in [-0.15, -0.1) is 0 Å². The first-order valence-corrected chi connectivity index (χ1v) is 10.8. The van der Waals surface area contributed by atoms with Gasteiger partial charge in [0.25, 0.3) is 0 Å². The Hall–Kier alpha value is -2.60. The zero-order valence-electron chi connectivity index (χ0n) is 16.9. The molecule has 0 heterocycles. The minimum absolute atomic E-state index is 0.703. The first-order chi connectivity index (χ1) is 13.8. The van der Waals surface area contributed by atoms with Crippen LogP contribution in [0.5, 0.6) is 0 Å². The zero-order chi connectivity index (χ0) is 19.2. The molecule has 0 bridgehead atoms. The van der Waals surface area contributed by atoms with Gasteiger partial charge in [0.05, 0.1) is 0 Å². The number of fused-ring (bicyclic) bond motifs is 2. The predicted octanol–water partition coefficient (Wildman–Crippen LogP) is 7.97. The highest BCUT2D eigenvalue weighted by atomic mass is 14.2. The lowest BCUT2D eigenvalue weighted by molar-refractivity contribution is 0.453. The molecule has 28 heavy (non-hydrogen) atoms. The maximum absolute atomic E-state index is 2.39. The molecule has 0 heteroatoms. The van der Waals surface area contributed by atoms with E-state index in [2.05, 4.69) is 91.9 Å². The Morgan fingerprint density at radius 1 is 0.571 bits per heavy atom. The topological polar surface area (TPSA) is 0 Å². The summed E-state index contributed by atoms with van der Waals surface area (Å²) in [5.74, 6) is 0.703. The van der Waals surface area contributed by atoms with Crippen molar-refractivity contribution in [3.8, 4) is 0 Å². The molecule has 0 fully saturated rings. The first-order valence-electron chi connectivity index (χ1n) is 10.8. The molecule has 4 rings (SSSR count). The fourth-order valence-electron chi connectivity index (χ4n) is 4.36. The van der Waals surface area contributed by atoms with Crippen molar-refractivity contribution in [1.82, 2.24) is 0 Å². The van der Waals surface area contributed by atoms with Crippen molar-refractivity contribution >= 4 is 21.5 Å². The van der Waals surface area contributed by atoms with E-state index in [1.54, 1.807) is 0 Å². The van der Waals surface area contributed by atoms with Crippen LogP contribution in [0.25, 0.3) is 21.5 Å². The van der Waals surface area contributed by atoms with Crippen LogP contribution >= 0.6 is 0 Å². The standard InChI is InChI=1S/C28H30/c1-2-3-4-9-22(18-23-14-16-25-10-5-7-12-27(25)20-23)19-24-15-17-26-11-6-8-13-28(26)21-24/h5-8,10-17,20-22H,2-4,9,18-19H2,1H3. The van der Waals surface area contributed by atoms with E-state index in [0.29, 0.717) is 5.92 Å². The second-order valence-corrected chi connectivity index (χ2v) is 8.13. The molecule has 0 aromatic heterocycles. The Morgan fingerprint density at radius 3 is 1.57 bits per heavy atom. The number of rotatable bonds is 8. The van der Waals surface area contributed by atoms with Crippen molar-refractivity contribution in [2.45, 2.75) is 45.4 Å². The highest BCUT2D eigenvalue weighted by Crippen LogP contribution is 2.25. The lowest BCUT2D eigenvalue weighted by atomic mass is 9.87. The highest BCUT2D eigenvalue weighted by Gasteiger charge is 2.12. The third-order valence-electron chi connectivity index (χ3n) is 5.89. The lowest BCUT2D eigenvalue weighted by Gasteiger charge is -2.18. The van der Waals surface area contributed by atoms with Crippen molar-refractivity contribution in [1.29, 1.82) is 0 Å². The van der Waals surface area contributed by atoms with E-state index in [9.17, 15) is 0 Å². The summed E-state index contributed by atoms with van der Waals surface area (Å²) < 4.78 is 0. The number of hydrogen-bond donors (Lipinski definition) is 0. The third-order valence-corrected chi connectivity index (χ3v) is 5.89. The Labute approximate surface area is 169 Å². The molecule has 0 saturated heterocycles. The average Bonchev–Trinajstić information content (AvgIpc) is 2.74.